The maximum Gasteiger partial charge on any atom is 0.191 e. The minimum absolute atomic E-state index is 0.261. The van der Waals surface area contributed by atoms with E-state index in [1.54, 1.807) is 6.26 Å². The van der Waals surface area contributed by atoms with E-state index in [1.165, 1.54) is 0 Å². The predicted molar refractivity (Wildman–Crippen MR) is 100.0 cm³/mol. The molecule has 0 bridgehead atoms. The molecule has 0 spiro atoms. The second-order valence-electron chi connectivity index (χ2n) is 6.03. The van der Waals surface area contributed by atoms with Crippen molar-refractivity contribution in [2.45, 2.75) is 31.9 Å². The number of hydrogen-bond acceptors (Lipinski definition) is 3. The van der Waals surface area contributed by atoms with Crippen molar-refractivity contribution in [1.29, 1.82) is 0 Å². The molecule has 0 amide bonds. The molecule has 1 saturated heterocycles. The Kier molecular flexibility index (Phi) is 6.77. The van der Waals surface area contributed by atoms with Gasteiger partial charge in [0.05, 0.1) is 18.9 Å². The topological polar surface area (TPSA) is 58.8 Å². The molecular weight excluding hydrogens is 338 g/mol. The SMILES string of the molecule is Clc1ccccc1CN=C(NCCc1ccco1)NCC1CCCO1. The third-order valence-electron chi connectivity index (χ3n) is 4.13. The normalized spacial score (nSPS) is 17.6. The van der Waals surface area contributed by atoms with Crippen molar-refractivity contribution >= 4 is 17.6 Å². The summed E-state index contributed by atoms with van der Waals surface area (Å²) in [7, 11) is 0. The molecule has 2 heterocycles. The number of hydrogen-bond donors (Lipinski definition) is 2. The zero-order chi connectivity index (χ0) is 17.3. The molecule has 1 atom stereocenters. The van der Waals surface area contributed by atoms with Crippen molar-refractivity contribution in [3.05, 3.63) is 59.0 Å². The van der Waals surface area contributed by atoms with Gasteiger partial charge >= 0.3 is 0 Å². The van der Waals surface area contributed by atoms with E-state index >= 15 is 0 Å². The van der Waals surface area contributed by atoms with Gasteiger partial charge in [-0.25, -0.2) is 4.99 Å². The van der Waals surface area contributed by atoms with Crippen molar-refractivity contribution < 1.29 is 9.15 Å². The van der Waals surface area contributed by atoms with Crippen molar-refractivity contribution in [2.75, 3.05) is 19.7 Å². The summed E-state index contributed by atoms with van der Waals surface area (Å²) >= 11 is 6.22. The van der Waals surface area contributed by atoms with E-state index in [0.29, 0.717) is 6.54 Å². The number of guanidine groups is 1. The average Bonchev–Trinajstić information content (AvgIpc) is 3.32. The predicted octanol–water partition coefficient (Wildman–Crippen LogP) is 3.39. The molecule has 1 aromatic heterocycles. The lowest BCUT2D eigenvalue weighted by atomic mass is 10.2. The molecule has 0 aliphatic carbocycles. The van der Waals surface area contributed by atoms with Crippen LogP contribution in [0.1, 0.15) is 24.2 Å². The molecular formula is C19H24ClN3O2. The number of aliphatic imine (C=N–C) groups is 1. The number of nitrogens with zero attached hydrogens (tertiary/aromatic N) is 1. The standard InChI is InChI=1S/C19H24ClN3O2/c20-18-8-2-1-5-15(18)13-22-19(23-14-17-7-4-12-25-17)21-10-9-16-6-3-11-24-16/h1-3,5-6,8,11,17H,4,7,9-10,12-14H2,(H2,21,22,23). The quantitative estimate of drug-likeness (QED) is 0.586. The maximum absolute atomic E-state index is 6.22. The highest BCUT2D eigenvalue weighted by Crippen LogP contribution is 2.15. The molecule has 1 aliphatic rings. The summed E-state index contributed by atoms with van der Waals surface area (Å²) in [4.78, 5) is 4.66. The first-order chi connectivity index (χ1) is 12.3. The molecule has 6 heteroatoms. The van der Waals surface area contributed by atoms with Gasteiger partial charge in [0.1, 0.15) is 5.76 Å². The molecule has 5 nitrogen and oxygen atoms in total. The van der Waals surface area contributed by atoms with E-state index < -0.39 is 0 Å². The van der Waals surface area contributed by atoms with Crippen LogP contribution in [0.2, 0.25) is 5.02 Å². The first kappa shape index (κ1) is 17.8. The Morgan fingerprint density at radius 3 is 2.88 bits per heavy atom. The number of ether oxygens (including phenoxy) is 1. The van der Waals surface area contributed by atoms with Crippen molar-refractivity contribution in [1.82, 2.24) is 10.6 Å². The summed E-state index contributed by atoms with van der Waals surface area (Å²) in [5, 5.41) is 7.46. The highest BCUT2D eigenvalue weighted by atomic mass is 35.5. The van der Waals surface area contributed by atoms with E-state index in [1.807, 2.05) is 36.4 Å². The highest BCUT2D eigenvalue weighted by molar-refractivity contribution is 6.31. The lowest BCUT2D eigenvalue weighted by molar-refractivity contribution is 0.114. The van der Waals surface area contributed by atoms with E-state index in [4.69, 9.17) is 20.8 Å². The van der Waals surface area contributed by atoms with Crippen LogP contribution in [0.25, 0.3) is 0 Å². The highest BCUT2D eigenvalue weighted by Gasteiger charge is 2.15. The second-order valence-corrected chi connectivity index (χ2v) is 6.44. The number of nitrogens with one attached hydrogen (secondary N) is 2. The zero-order valence-electron chi connectivity index (χ0n) is 14.2. The van der Waals surface area contributed by atoms with Crippen LogP contribution < -0.4 is 10.6 Å². The zero-order valence-corrected chi connectivity index (χ0v) is 15.0. The summed E-state index contributed by atoms with van der Waals surface area (Å²) in [6, 6.07) is 11.6. The van der Waals surface area contributed by atoms with Crippen molar-refractivity contribution in [2.24, 2.45) is 4.99 Å². The fourth-order valence-corrected chi connectivity index (χ4v) is 2.94. The second kappa shape index (κ2) is 9.49. The van der Waals surface area contributed by atoms with Gasteiger partial charge in [-0.1, -0.05) is 29.8 Å². The van der Waals surface area contributed by atoms with Crippen molar-refractivity contribution in [3.8, 4) is 0 Å². The Labute approximate surface area is 153 Å². The smallest absolute Gasteiger partial charge is 0.191 e. The molecule has 1 aromatic carbocycles. The van der Waals surface area contributed by atoms with E-state index in [9.17, 15) is 0 Å². The first-order valence-electron chi connectivity index (χ1n) is 8.71. The third kappa shape index (κ3) is 5.80. The van der Waals surface area contributed by atoms with Crippen LogP contribution in [0.15, 0.2) is 52.1 Å². The largest absolute Gasteiger partial charge is 0.469 e. The van der Waals surface area contributed by atoms with Gasteiger partial charge in [0.2, 0.25) is 0 Å². The molecule has 0 radical (unpaired) electrons. The van der Waals surface area contributed by atoms with Crippen LogP contribution in [-0.2, 0) is 17.7 Å². The Hall–Kier alpha value is -1.98. The maximum atomic E-state index is 6.22. The first-order valence-corrected chi connectivity index (χ1v) is 9.08. The fourth-order valence-electron chi connectivity index (χ4n) is 2.74. The Morgan fingerprint density at radius 1 is 1.20 bits per heavy atom. The molecule has 2 N–H and O–H groups in total. The number of rotatable bonds is 7. The van der Waals surface area contributed by atoms with Gasteiger partial charge in [0.15, 0.2) is 5.96 Å². The molecule has 0 saturated carbocycles. The van der Waals surface area contributed by atoms with Gasteiger partial charge in [-0.3, -0.25) is 0 Å². The van der Waals surface area contributed by atoms with Gasteiger partial charge in [-0.15, -0.1) is 0 Å². The van der Waals surface area contributed by atoms with Crippen molar-refractivity contribution in [3.63, 3.8) is 0 Å². The number of halogens is 1. The molecule has 3 rings (SSSR count). The van der Waals surface area contributed by atoms with Crippen LogP contribution in [0.4, 0.5) is 0 Å². The van der Waals surface area contributed by atoms with Crippen LogP contribution in [0, 0.1) is 0 Å². The monoisotopic (exact) mass is 361 g/mol. The lowest BCUT2D eigenvalue weighted by Crippen LogP contribution is -2.41. The molecule has 2 aromatic rings. The fraction of sp³-hybridized carbons (Fsp3) is 0.421. The summed E-state index contributed by atoms with van der Waals surface area (Å²) in [5.41, 5.74) is 1.01. The van der Waals surface area contributed by atoms with Gasteiger partial charge in [0, 0.05) is 31.1 Å². The van der Waals surface area contributed by atoms with E-state index in [0.717, 1.165) is 61.3 Å². The van der Waals surface area contributed by atoms with E-state index in [-0.39, 0.29) is 6.10 Å². The lowest BCUT2D eigenvalue weighted by Gasteiger charge is -2.15. The van der Waals surface area contributed by atoms with E-state index in [2.05, 4.69) is 15.6 Å². The minimum atomic E-state index is 0.261. The molecule has 25 heavy (non-hydrogen) atoms. The van der Waals surface area contributed by atoms with Gasteiger partial charge < -0.3 is 19.8 Å². The number of furan rings is 1. The summed E-state index contributed by atoms with van der Waals surface area (Å²) in [6.45, 7) is 2.88. The van der Waals surface area contributed by atoms with Crippen LogP contribution >= 0.6 is 11.6 Å². The van der Waals surface area contributed by atoms with Crippen LogP contribution in [-0.4, -0.2) is 31.8 Å². The third-order valence-corrected chi connectivity index (χ3v) is 4.50. The Bertz CT molecular complexity index is 667. The van der Waals surface area contributed by atoms with Gasteiger partial charge in [0.25, 0.3) is 0 Å². The Balaban J connectivity index is 1.55. The van der Waals surface area contributed by atoms with Gasteiger partial charge in [-0.2, -0.15) is 0 Å². The molecule has 1 aliphatic heterocycles. The Morgan fingerprint density at radius 2 is 2.12 bits per heavy atom. The number of benzene rings is 1. The minimum Gasteiger partial charge on any atom is -0.469 e. The van der Waals surface area contributed by atoms with Crippen LogP contribution in [0.5, 0.6) is 0 Å². The average molecular weight is 362 g/mol. The van der Waals surface area contributed by atoms with Crippen LogP contribution in [0.3, 0.4) is 0 Å². The van der Waals surface area contributed by atoms with Gasteiger partial charge in [-0.05, 0) is 36.6 Å². The molecule has 134 valence electrons. The summed E-state index contributed by atoms with van der Waals surface area (Å²) in [6.07, 6.45) is 4.98. The molecule has 1 fully saturated rings. The summed E-state index contributed by atoms with van der Waals surface area (Å²) < 4.78 is 11.0. The summed E-state index contributed by atoms with van der Waals surface area (Å²) in [5.74, 6) is 1.72. The molecule has 1 unspecified atom stereocenters.